The average Bonchev–Trinajstić information content (AvgIpc) is 2.89. The van der Waals surface area contributed by atoms with Crippen LogP contribution >= 0.6 is 0 Å². The fourth-order valence-corrected chi connectivity index (χ4v) is 3.49. The predicted molar refractivity (Wildman–Crippen MR) is 92.1 cm³/mol. The SMILES string of the molecule is O=C1NC(=O)C2(CCCN(c3ccnc(Cc4ccccc4)n3)C2)N1. The summed E-state index contributed by atoms with van der Waals surface area (Å²) in [6.45, 7) is 1.22. The molecular weight excluding hydrogens is 318 g/mol. The third-order valence-electron chi connectivity index (χ3n) is 4.73. The van der Waals surface area contributed by atoms with Crippen LogP contribution in [0.2, 0.25) is 0 Å². The Kier molecular flexibility index (Phi) is 3.83. The van der Waals surface area contributed by atoms with Crippen LogP contribution in [-0.4, -0.2) is 40.5 Å². The highest BCUT2D eigenvalue weighted by atomic mass is 16.2. The number of aromatic nitrogens is 2. The lowest BCUT2D eigenvalue weighted by molar-refractivity contribution is -0.124. The van der Waals surface area contributed by atoms with Crippen molar-refractivity contribution in [2.24, 2.45) is 0 Å². The molecule has 2 aromatic rings. The van der Waals surface area contributed by atoms with E-state index in [1.165, 1.54) is 0 Å². The van der Waals surface area contributed by atoms with Gasteiger partial charge in [0, 0.05) is 19.2 Å². The monoisotopic (exact) mass is 337 g/mol. The molecule has 2 N–H and O–H groups in total. The fourth-order valence-electron chi connectivity index (χ4n) is 3.49. The first-order valence-electron chi connectivity index (χ1n) is 8.39. The maximum atomic E-state index is 12.2. The molecule has 2 aliphatic heterocycles. The molecule has 25 heavy (non-hydrogen) atoms. The second kappa shape index (κ2) is 6.16. The number of benzene rings is 1. The minimum Gasteiger partial charge on any atom is -0.354 e. The summed E-state index contributed by atoms with van der Waals surface area (Å²) >= 11 is 0. The number of imide groups is 1. The van der Waals surface area contributed by atoms with Crippen LogP contribution in [0.4, 0.5) is 10.6 Å². The van der Waals surface area contributed by atoms with Crippen LogP contribution in [0.5, 0.6) is 0 Å². The van der Waals surface area contributed by atoms with Gasteiger partial charge >= 0.3 is 6.03 Å². The van der Waals surface area contributed by atoms with Gasteiger partial charge in [0.15, 0.2) is 0 Å². The highest BCUT2D eigenvalue weighted by Gasteiger charge is 2.48. The molecule has 2 saturated heterocycles. The number of hydrogen-bond donors (Lipinski definition) is 2. The van der Waals surface area contributed by atoms with E-state index in [9.17, 15) is 9.59 Å². The number of nitrogens with zero attached hydrogens (tertiary/aromatic N) is 3. The Bertz CT molecular complexity index is 810. The first-order chi connectivity index (χ1) is 12.1. The Hall–Kier alpha value is -2.96. The molecule has 0 saturated carbocycles. The summed E-state index contributed by atoms with van der Waals surface area (Å²) in [6.07, 6.45) is 3.86. The number of piperidine rings is 1. The minimum atomic E-state index is -0.847. The molecule has 7 nitrogen and oxygen atoms in total. The van der Waals surface area contributed by atoms with Crippen LogP contribution in [0.25, 0.3) is 0 Å². The number of urea groups is 1. The molecule has 2 fully saturated rings. The summed E-state index contributed by atoms with van der Waals surface area (Å²) in [6, 6.07) is 11.5. The summed E-state index contributed by atoms with van der Waals surface area (Å²) in [5, 5.41) is 5.13. The molecule has 1 aromatic heterocycles. The number of anilines is 1. The second-order valence-corrected chi connectivity index (χ2v) is 6.51. The number of hydrogen-bond acceptors (Lipinski definition) is 5. The number of rotatable bonds is 3. The van der Waals surface area contributed by atoms with Crippen LogP contribution in [0.15, 0.2) is 42.6 Å². The van der Waals surface area contributed by atoms with Gasteiger partial charge in [0.05, 0.1) is 6.54 Å². The third-order valence-corrected chi connectivity index (χ3v) is 4.73. The molecular formula is C18H19N5O2. The van der Waals surface area contributed by atoms with E-state index in [4.69, 9.17) is 0 Å². The van der Waals surface area contributed by atoms with Crippen LogP contribution in [0.1, 0.15) is 24.2 Å². The van der Waals surface area contributed by atoms with Gasteiger partial charge in [0.1, 0.15) is 17.2 Å². The largest absolute Gasteiger partial charge is 0.354 e. The van der Waals surface area contributed by atoms with Crippen molar-refractivity contribution in [3.05, 3.63) is 54.0 Å². The van der Waals surface area contributed by atoms with E-state index in [0.717, 1.165) is 30.2 Å². The lowest BCUT2D eigenvalue weighted by Gasteiger charge is -2.38. The van der Waals surface area contributed by atoms with Gasteiger partial charge < -0.3 is 10.2 Å². The van der Waals surface area contributed by atoms with Gasteiger partial charge in [-0.15, -0.1) is 0 Å². The standard InChI is InChI=1S/C18H19N5O2/c24-16-18(22-17(25)21-16)8-4-10-23(12-18)15-7-9-19-14(20-15)11-13-5-2-1-3-6-13/h1-3,5-7,9H,4,8,10-12H2,(H2,21,22,24,25). The summed E-state index contributed by atoms with van der Waals surface area (Å²) in [5.74, 6) is 1.28. The molecule has 2 aliphatic rings. The molecule has 0 bridgehead atoms. The fraction of sp³-hybridized carbons (Fsp3) is 0.333. The van der Waals surface area contributed by atoms with Crippen LogP contribution in [0.3, 0.4) is 0 Å². The van der Waals surface area contributed by atoms with Gasteiger partial charge in [-0.05, 0) is 24.5 Å². The zero-order valence-corrected chi connectivity index (χ0v) is 13.7. The van der Waals surface area contributed by atoms with Crippen LogP contribution < -0.4 is 15.5 Å². The quantitative estimate of drug-likeness (QED) is 0.823. The Morgan fingerprint density at radius 1 is 1.16 bits per heavy atom. The maximum absolute atomic E-state index is 12.2. The molecule has 1 aromatic carbocycles. The molecule has 1 unspecified atom stereocenters. The van der Waals surface area contributed by atoms with E-state index in [1.807, 2.05) is 41.3 Å². The second-order valence-electron chi connectivity index (χ2n) is 6.51. The van der Waals surface area contributed by atoms with Crippen molar-refractivity contribution in [1.82, 2.24) is 20.6 Å². The topological polar surface area (TPSA) is 87.2 Å². The zero-order chi connectivity index (χ0) is 17.3. The number of nitrogens with one attached hydrogen (secondary N) is 2. The minimum absolute atomic E-state index is 0.249. The lowest BCUT2D eigenvalue weighted by atomic mass is 9.89. The van der Waals surface area contributed by atoms with E-state index < -0.39 is 11.6 Å². The van der Waals surface area contributed by atoms with Crippen molar-refractivity contribution in [1.29, 1.82) is 0 Å². The first-order valence-corrected chi connectivity index (χ1v) is 8.39. The molecule has 3 heterocycles. The molecule has 0 aliphatic carbocycles. The smallest absolute Gasteiger partial charge is 0.322 e. The van der Waals surface area contributed by atoms with Crippen molar-refractivity contribution in [3.8, 4) is 0 Å². The van der Waals surface area contributed by atoms with E-state index in [0.29, 0.717) is 19.4 Å². The van der Waals surface area contributed by atoms with Crippen molar-refractivity contribution in [2.45, 2.75) is 24.8 Å². The van der Waals surface area contributed by atoms with Gasteiger partial charge in [0.25, 0.3) is 5.91 Å². The molecule has 128 valence electrons. The van der Waals surface area contributed by atoms with E-state index in [2.05, 4.69) is 20.6 Å². The van der Waals surface area contributed by atoms with Crippen LogP contribution in [-0.2, 0) is 11.2 Å². The normalized spacial score (nSPS) is 22.8. The third kappa shape index (κ3) is 3.05. The maximum Gasteiger partial charge on any atom is 0.322 e. The Morgan fingerprint density at radius 2 is 2.00 bits per heavy atom. The predicted octanol–water partition coefficient (Wildman–Crippen LogP) is 1.25. The Balaban J connectivity index is 1.54. The lowest BCUT2D eigenvalue weighted by Crippen LogP contribution is -2.58. The molecule has 7 heteroatoms. The number of amides is 3. The summed E-state index contributed by atoms with van der Waals surface area (Å²) in [4.78, 5) is 34.8. The Morgan fingerprint density at radius 3 is 2.76 bits per heavy atom. The molecule has 0 radical (unpaired) electrons. The molecule has 1 atom stereocenters. The number of carbonyl (C=O) groups excluding carboxylic acids is 2. The van der Waals surface area contributed by atoms with Gasteiger partial charge in [-0.2, -0.15) is 0 Å². The average molecular weight is 337 g/mol. The van der Waals surface area contributed by atoms with Crippen LogP contribution in [0, 0.1) is 0 Å². The van der Waals surface area contributed by atoms with Gasteiger partial charge in [0.2, 0.25) is 0 Å². The van der Waals surface area contributed by atoms with Crippen molar-refractivity contribution >= 4 is 17.8 Å². The summed E-state index contributed by atoms with van der Waals surface area (Å²) in [5.41, 5.74) is 0.303. The molecule has 4 rings (SSSR count). The number of carbonyl (C=O) groups is 2. The van der Waals surface area contributed by atoms with Gasteiger partial charge in [-0.1, -0.05) is 30.3 Å². The van der Waals surface area contributed by atoms with E-state index in [-0.39, 0.29) is 5.91 Å². The van der Waals surface area contributed by atoms with Gasteiger partial charge in [-0.3, -0.25) is 10.1 Å². The summed E-state index contributed by atoms with van der Waals surface area (Å²) < 4.78 is 0. The zero-order valence-electron chi connectivity index (χ0n) is 13.7. The highest BCUT2D eigenvalue weighted by molar-refractivity contribution is 6.07. The van der Waals surface area contributed by atoms with Crippen molar-refractivity contribution in [2.75, 3.05) is 18.0 Å². The molecule has 3 amide bonds. The van der Waals surface area contributed by atoms with Gasteiger partial charge in [-0.25, -0.2) is 14.8 Å². The summed E-state index contributed by atoms with van der Waals surface area (Å²) in [7, 11) is 0. The van der Waals surface area contributed by atoms with E-state index >= 15 is 0 Å². The molecule has 1 spiro atoms. The Labute approximate surface area is 145 Å². The first kappa shape index (κ1) is 15.6. The van der Waals surface area contributed by atoms with Crippen molar-refractivity contribution in [3.63, 3.8) is 0 Å². The highest BCUT2D eigenvalue weighted by Crippen LogP contribution is 2.27. The van der Waals surface area contributed by atoms with E-state index in [1.54, 1.807) is 6.20 Å². The van der Waals surface area contributed by atoms with Crippen molar-refractivity contribution < 1.29 is 9.59 Å².